The van der Waals surface area contributed by atoms with Crippen molar-refractivity contribution in [1.29, 1.82) is 0 Å². The molecule has 2 rings (SSSR count). The van der Waals surface area contributed by atoms with E-state index in [9.17, 15) is 0 Å². The molecule has 1 aliphatic heterocycles. The lowest BCUT2D eigenvalue weighted by molar-refractivity contribution is -0.303. The fourth-order valence-electron chi connectivity index (χ4n) is 3.65. The van der Waals surface area contributed by atoms with E-state index < -0.39 is 5.60 Å². The molecule has 17 heavy (non-hydrogen) atoms. The number of aliphatic imine (C=N–C) groups is 1. The van der Waals surface area contributed by atoms with Crippen molar-refractivity contribution in [3.8, 4) is 0 Å². The van der Waals surface area contributed by atoms with E-state index in [1.165, 1.54) is 18.4 Å². The van der Waals surface area contributed by atoms with Crippen LogP contribution in [0.25, 0.3) is 0 Å². The Morgan fingerprint density at radius 3 is 2.82 bits per heavy atom. The summed E-state index contributed by atoms with van der Waals surface area (Å²) in [5, 5.41) is 9.02. The molecule has 1 heterocycles. The molecule has 1 fully saturated rings. The summed E-state index contributed by atoms with van der Waals surface area (Å²) in [7, 11) is 0. The topological polar surface area (TPSA) is 41.8 Å². The minimum absolute atomic E-state index is 0.119. The molecule has 0 radical (unpaired) electrons. The molecule has 0 spiro atoms. The van der Waals surface area contributed by atoms with Gasteiger partial charge in [-0.1, -0.05) is 25.5 Å². The van der Waals surface area contributed by atoms with Gasteiger partial charge in [0.2, 0.25) is 0 Å². The minimum Gasteiger partial charge on any atom is -0.290 e. The van der Waals surface area contributed by atoms with Crippen LogP contribution in [0.2, 0.25) is 0 Å². The van der Waals surface area contributed by atoms with E-state index in [2.05, 4.69) is 30.3 Å². The molecule has 3 heteroatoms. The van der Waals surface area contributed by atoms with Crippen molar-refractivity contribution in [3.05, 3.63) is 12.2 Å². The summed E-state index contributed by atoms with van der Waals surface area (Å²) < 4.78 is 0. The number of rotatable bonds is 2. The van der Waals surface area contributed by atoms with Crippen molar-refractivity contribution >= 4 is 6.21 Å². The van der Waals surface area contributed by atoms with E-state index in [0.717, 1.165) is 12.8 Å². The molecule has 0 amide bonds. The highest BCUT2D eigenvalue weighted by Crippen LogP contribution is 2.50. The van der Waals surface area contributed by atoms with Crippen LogP contribution in [0.5, 0.6) is 0 Å². The monoisotopic (exact) mass is 237 g/mol. The van der Waals surface area contributed by atoms with Gasteiger partial charge in [0.15, 0.2) is 0 Å². The zero-order valence-electron chi connectivity index (χ0n) is 11.1. The summed E-state index contributed by atoms with van der Waals surface area (Å²) in [5.74, 6) is 0.480. The summed E-state index contributed by atoms with van der Waals surface area (Å²) in [6, 6.07) is 0.303. The van der Waals surface area contributed by atoms with Crippen molar-refractivity contribution in [2.75, 3.05) is 0 Å². The summed E-state index contributed by atoms with van der Waals surface area (Å²) in [4.78, 5) is 9.30. The van der Waals surface area contributed by atoms with Gasteiger partial charge in [-0.2, -0.15) is 0 Å². The highest BCUT2D eigenvalue weighted by Gasteiger charge is 2.49. The largest absolute Gasteiger partial charge is 0.290 e. The predicted octanol–water partition coefficient (Wildman–Crippen LogP) is 3.46. The molecule has 0 aromatic rings. The lowest BCUT2D eigenvalue weighted by Crippen LogP contribution is -2.51. The fraction of sp³-hybridized carbons (Fsp3) is 0.786. The molecule has 1 saturated carbocycles. The molecule has 1 N–H and O–H groups in total. The first-order chi connectivity index (χ1) is 7.90. The lowest BCUT2D eigenvalue weighted by atomic mass is 9.60. The lowest BCUT2D eigenvalue weighted by Gasteiger charge is -2.49. The van der Waals surface area contributed by atoms with Crippen LogP contribution in [0.15, 0.2) is 17.1 Å². The van der Waals surface area contributed by atoms with E-state index in [1.54, 1.807) is 6.21 Å². The van der Waals surface area contributed by atoms with Gasteiger partial charge >= 0.3 is 0 Å². The summed E-state index contributed by atoms with van der Waals surface area (Å²) >= 11 is 0. The van der Waals surface area contributed by atoms with Gasteiger partial charge in [0.1, 0.15) is 5.60 Å². The number of hydrogen-bond donors (Lipinski definition) is 1. The zero-order chi connectivity index (χ0) is 12.7. The van der Waals surface area contributed by atoms with Crippen LogP contribution in [0.3, 0.4) is 0 Å². The van der Waals surface area contributed by atoms with Crippen LogP contribution in [0.4, 0.5) is 0 Å². The Hall–Kier alpha value is -0.670. The van der Waals surface area contributed by atoms with E-state index in [4.69, 9.17) is 5.26 Å². The molecule has 1 aliphatic carbocycles. The molecule has 3 nitrogen and oxygen atoms in total. The third-order valence-electron chi connectivity index (χ3n) is 4.46. The molecule has 2 aliphatic rings. The maximum atomic E-state index is 9.02. The third kappa shape index (κ3) is 2.18. The van der Waals surface area contributed by atoms with Crippen molar-refractivity contribution < 1.29 is 10.1 Å². The highest BCUT2D eigenvalue weighted by molar-refractivity contribution is 5.69. The maximum absolute atomic E-state index is 9.02. The Morgan fingerprint density at radius 2 is 2.24 bits per heavy atom. The standard InChI is InChI=1S/C14H23NO2/c1-10(2)11-6-5-7-13(3)8-14(4,17-16)9-15-12(11)13/h9,11-12,16H,1,5-8H2,2-4H3. The molecular formula is C14H23NO2. The average molecular weight is 237 g/mol. The predicted molar refractivity (Wildman–Crippen MR) is 69.3 cm³/mol. The highest BCUT2D eigenvalue weighted by atomic mass is 17.1. The van der Waals surface area contributed by atoms with Crippen LogP contribution in [0, 0.1) is 11.3 Å². The summed E-state index contributed by atoms with van der Waals surface area (Å²) in [6.45, 7) is 10.4. The van der Waals surface area contributed by atoms with Crippen molar-refractivity contribution in [3.63, 3.8) is 0 Å². The first kappa shape index (κ1) is 12.8. The van der Waals surface area contributed by atoms with E-state index >= 15 is 0 Å². The summed E-state index contributed by atoms with van der Waals surface area (Å²) in [5.41, 5.74) is 0.725. The third-order valence-corrected chi connectivity index (χ3v) is 4.46. The Bertz CT molecular complexity index is 352. The zero-order valence-corrected chi connectivity index (χ0v) is 11.1. The van der Waals surface area contributed by atoms with Crippen molar-refractivity contribution in [1.82, 2.24) is 0 Å². The van der Waals surface area contributed by atoms with Crippen LogP contribution in [-0.4, -0.2) is 23.1 Å². The first-order valence-electron chi connectivity index (χ1n) is 6.42. The quantitative estimate of drug-likeness (QED) is 0.454. The molecule has 0 aromatic heterocycles. The van der Waals surface area contributed by atoms with Gasteiger partial charge in [-0.15, -0.1) is 0 Å². The van der Waals surface area contributed by atoms with Crippen LogP contribution in [-0.2, 0) is 4.89 Å². The fourth-order valence-corrected chi connectivity index (χ4v) is 3.65. The van der Waals surface area contributed by atoms with Gasteiger partial charge in [0.05, 0.1) is 6.04 Å². The van der Waals surface area contributed by atoms with Gasteiger partial charge in [0.25, 0.3) is 0 Å². The van der Waals surface area contributed by atoms with Crippen LogP contribution >= 0.6 is 0 Å². The van der Waals surface area contributed by atoms with Gasteiger partial charge in [-0.05, 0) is 38.5 Å². The second-order valence-electron chi connectivity index (χ2n) is 6.30. The molecule has 0 aromatic carbocycles. The first-order valence-corrected chi connectivity index (χ1v) is 6.42. The van der Waals surface area contributed by atoms with Crippen molar-refractivity contribution in [2.45, 2.75) is 58.1 Å². The molecule has 96 valence electrons. The van der Waals surface area contributed by atoms with Gasteiger partial charge < -0.3 is 0 Å². The molecule has 0 saturated heterocycles. The number of fused-ring (bicyclic) bond motifs is 1. The van der Waals surface area contributed by atoms with Gasteiger partial charge in [0, 0.05) is 12.1 Å². The van der Waals surface area contributed by atoms with Crippen molar-refractivity contribution in [2.24, 2.45) is 16.3 Å². The minimum atomic E-state index is -0.623. The Morgan fingerprint density at radius 1 is 1.53 bits per heavy atom. The Labute approximate surface area is 104 Å². The molecule has 4 unspecified atom stereocenters. The van der Waals surface area contributed by atoms with Gasteiger partial charge in [-0.25, -0.2) is 4.89 Å². The Kier molecular flexibility index (Phi) is 3.17. The molecule has 4 atom stereocenters. The van der Waals surface area contributed by atoms with Crippen LogP contribution < -0.4 is 0 Å². The normalized spacial score (nSPS) is 45.4. The van der Waals surface area contributed by atoms with Crippen LogP contribution in [0.1, 0.15) is 46.5 Å². The smallest absolute Gasteiger partial charge is 0.136 e. The van der Waals surface area contributed by atoms with E-state index in [1.807, 2.05) is 6.92 Å². The second-order valence-corrected chi connectivity index (χ2v) is 6.30. The number of nitrogens with zero attached hydrogens (tertiary/aromatic N) is 1. The SMILES string of the molecule is C=C(C)C1CCCC2(C)CC(C)(OO)C=NC12. The van der Waals surface area contributed by atoms with E-state index in [-0.39, 0.29) is 5.41 Å². The molecule has 0 bridgehead atoms. The molecular weight excluding hydrogens is 214 g/mol. The second kappa shape index (κ2) is 4.21. The summed E-state index contributed by atoms with van der Waals surface area (Å²) in [6.07, 6.45) is 6.15. The number of hydrogen-bond acceptors (Lipinski definition) is 3. The Balaban J connectivity index is 2.31. The maximum Gasteiger partial charge on any atom is 0.136 e. The average Bonchev–Trinajstić information content (AvgIpc) is 2.26. The van der Waals surface area contributed by atoms with E-state index in [0.29, 0.717) is 12.0 Å². The van der Waals surface area contributed by atoms with Gasteiger partial charge in [-0.3, -0.25) is 10.2 Å².